The second kappa shape index (κ2) is 5.90. The summed E-state index contributed by atoms with van der Waals surface area (Å²) in [6.07, 6.45) is 4.79. The van der Waals surface area contributed by atoms with Gasteiger partial charge in [0.1, 0.15) is 5.82 Å². The molecule has 2 aromatic heterocycles. The first kappa shape index (κ1) is 14.1. The fourth-order valence-electron chi connectivity index (χ4n) is 2.62. The van der Waals surface area contributed by atoms with Crippen LogP contribution in [0.4, 0.5) is 0 Å². The Morgan fingerprint density at radius 2 is 2.14 bits per heavy atom. The molecule has 0 fully saturated rings. The van der Waals surface area contributed by atoms with Gasteiger partial charge < -0.3 is 4.57 Å². The van der Waals surface area contributed by atoms with Gasteiger partial charge in [-0.3, -0.25) is 4.68 Å². The van der Waals surface area contributed by atoms with Crippen molar-refractivity contribution in [1.29, 1.82) is 0 Å². The number of imidazole rings is 1. The number of nitrogens with zero attached hydrogens (tertiary/aromatic N) is 4. The average Bonchev–Trinajstić information content (AvgIpc) is 3.06. The molecule has 110 valence electrons. The van der Waals surface area contributed by atoms with Crippen LogP contribution in [0.15, 0.2) is 36.7 Å². The van der Waals surface area contributed by atoms with Gasteiger partial charge in [0.15, 0.2) is 0 Å². The number of hydrogen-bond donors (Lipinski definition) is 0. The molecule has 3 aromatic rings. The lowest BCUT2D eigenvalue weighted by atomic mass is 10.2. The standard InChI is InChI=1S/C16H19ClN4/c1-12-5-6-15-14(11-12)19-16(13(2)17)21(15)10-4-9-20-8-3-7-18-20/h3,5-8,11,13H,4,9-10H2,1-2H3. The molecule has 5 heteroatoms. The highest BCUT2D eigenvalue weighted by Gasteiger charge is 2.14. The first-order chi connectivity index (χ1) is 10.1. The number of halogens is 1. The van der Waals surface area contributed by atoms with Crippen molar-refractivity contribution in [3.8, 4) is 0 Å². The summed E-state index contributed by atoms with van der Waals surface area (Å²) in [5.74, 6) is 0.942. The SMILES string of the molecule is Cc1ccc2c(c1)nc(C(C)Cl)n2CCCn1cccn1. The van der Waals surface area contributed by atoms with Crippen LogP contribution in [0.25, 0.3) is 11.0 Å². The highest BCUT2D eigenvalue weighted by Crippen LogP contribution is 2.25. The van der Waals surface area contributed by atoms with Crippen molar-refractivity contribution in [1.82, 2.24) is 19.3 Å². The van der Waals surface area contributed by atoms with E-state index in [0.29, 0.717) is 0 Å². The Hall–Kier alpha value is -1.81. The predicted molar refractivity (Wildman–Crippen MR) is 85.6 cm³/mol. The normalized spacial score (nSPS) is 12.9. The van der Waals surface area contributed by atoms with Gasteiger partial charge in [0.2, 0.25) is 0 Å². The summed E-state index contributed by atoms with van der Waals surface area (Å²) in [6, 6.07) is 8.31. The molecule has 3 rings (SSSR count). The number of rotatable bonds is 5. The van der Waals surface area contributed by atoms with Crippen LogP contribution in [0.1, 0.15) is 30.1 Å². The van der Waals surface area contributed by atoms with Crippen molar-refractivity contribution in [2.24, 2.45) is 0 Å². The first-order valence-corrected chi connectivity index (χ1v) is 7.67. The zero-order chi connectivity index (χ0) is 14.8. The minimum Gasteiger partial charge on any atom is -0.327 e. The van der Waals surface area contributed by atoms with E-state index in [0.717, 1.165) is 36.4 Å². The summed E-state index contributed by atoms with van der Waals surface area (Å²) in [5.41, 5.74) is 3.40. The largest absolute Gasteiger partial charge is 0.327 e. The van der Waals surface area contributed by atoms with Crippen molar-refractivity contribution < 1.29 is 0 Å². The third kappa shape index (κ3) is 2.95. The fraction of sp³-hybridized carbons (Fsp3) is 0.375. The molecular weight excluding hydrogens is 284 g/mol. The minimum absolute atomic E-state index is 0.0950. The molecule has 0 aliphatic rings. The van der Waals surface area contributed by atoms with Crippen LogP contribution in [-0.2, 0) is 13.1 Å². The van der Waals surface area contributed by atoms with E-state index in [9.17, 15) is 0 Å². The molecule has 0 aliphatic carbocycles. The fourth-order valence-corrected chi connectivity index (χ4v) is 2.79. The molecule has 0 radical (unpaired) electrons. The Morgan fingerprint density at radius 1 is 1.29 bits per heavy atom. The zero-order valence-electron chi connectivity index (χ0n) is 12.3. The molecule has 1 atom stereocenters. The number of benzene rings is 1. The number of fused-ring (bicyclic) bond motifs is 1. The van der Waals surface area contributed by atoms with E-state index in [1.54, 1.807) is 0 Å². The lowest BCUT2D eigenvalue weighted by Crippen LogP contribution is -2.08. The summed E-state index contributed by atoms with van der Waals surface area (Å²) in [4.78, 5) is 4.70. The van der Waals surface area contributed by atoms with Crippen LogP contribution in [0.2, 0.25) is 0 Å². The molecule has 1 aromatic carbocycles. The van der Waals surface area contributed by atoms with Crippen LogP contribution in [0.3, 0.4) is 0 Å². The molecule has 0 bridgehead atoms. The maximum absolute atomic E-state index is 6.30. The number of aryl methyl sites for hydroxylation is 3. The summed E-state index contributed by atoms with van der Waals surface area (Å²) in [5, 5.41) is 4.14. The second-order valence-electron chi connectivity index (χ2n) is 5.35. The highest BCUT2D eigenvalue weighted by molar-refractivity contribution is 6.20. The van der Waals surface area contributed by atoms with E-state index in [2.05, 4.69) is 34.8 Å². The van der Waals surface area contributed by atoms with Gasteiger partial charge in [-0.1, -0.05) is 6.07 Å². The number of aromatic nitrogens is 4. The Morgan fingerprint density at radius 3 is 2.86 bits per heavy atom. The molecule has 2 heterocycles. The van der Waals surface area contributed by atoms with Gasteiger partial charge in [-0.05, 0) is 44.0 Å². The van der Waals surface area contributed by atoms with E-state index in [4.69, 9.17) is 16.6 Å². The van der Waals surface area contributed by atoms with Gasteiger partial charge in [-0.15, -0.1) is 11.6 Å². The average molecular weight is 303 g/mol. The Labute approximate surface area is 129 Å². The molecule has 0 spiro atoms. The van der Waals surface area contributed by atoms with E-state index < -0.39 is 0 Å². The molecule has 21 heavy (non-hydrogen) atoms. The van der Waals surface area contributed by atoms with Gasteiger partial charge in [0.05, 0.1) is 16.4 Å². The van der Waals surface area contributed by atoms with Crippen molar-refractivity contribution >= 4 is 22.6 Å². The molecule has 0 amide bonds. The Balaban J connectivity index is 1.86. The molecule has 1 unspecified atom stereocenters. The van der Waals surface area contributed by atoms with Crippen molar-refractivity contribution in [2.45, 2.75) is 38.7 Å². The van der Waals surface area contributed by atoms with E-state index in [1.165, 1.54) is 5.56 Å². The summed E-state index contributed by atoms with van der Waals surface area (Å²) >= 11 is 6.30. The number of alkyl halides is 1. The third-order valence-corrected chi connectivity index (χ3v) is 3.81. The molecule has 0 aliphatic heterocycles. The van der Waals surface area contributed by atoms with Crippen LogP contribution < -0.4 is 0 Å². The van der Waals surface area contributed by atoms with Gasteiger partial charge in [0.25, 0.3) is 0 Å². The third-order valence-electron chi connectivity index (χ3n) is 3.62. The van der Waals surface area contributed by atoms with E-state index in [-0.39, 0.29) is 5.38 Å². The van der Waals surface area contributed by atoms with E-state index in [1.807, 2.05) is 30.1 Å². The predicted octanol–water partition coefficient (Wildman–Crippen LogP) is 3.93. The molecule has 0 N–H and O–H groups in total. The van der Waals surface area contributed by atoms with Gasteiger partial charge in [-0.25, -0.2) is 4.98 Å². The molecule has 4 nitrogen and oxygen atoms in total. The van der Waals surface area contributed by atoms with Gasteiger partial charge >= 0.3 is 0 Å². The quantitative estimate of drug-likeness (QED) is 0.669. The first-order valence-electron chi connectivity index (χ1n) is 7.23. The maximum Gasteiger partial charge on any atom is 0.127 e. The van der Waals surface area contributed by atoms with Crippen molar-refractivity contribution in [2.75, 3.05) is 0 Å². The van der Waals surface area contributed by atoms with Crippen molar-refractivity contribution in [3.63, 3.8) is 0 Å². The number of hydrogen-bond acceptors (Lipinski definition) is 2. The van der Waals surface area contributed by atoms with Crippen molar-refractivity contribution in [3.05, 3.63) is 48.0 Å². The van der Waals surface area contributed by atoms with Crippen LogP contribution in [0, 0.1) is 6.92 Å². The zero-order valence-corrected chi connectivity index (χ0v) is 13.1. The maximum atomic E-state index is 6.30. The highest BCUT2D eigenvalue weighted by atomic mass is 35.5. The summed E-state index contributed by atoms with van der Waals surface area (Å²) in [7, 11) is 0. The minimum atomic E-state index is -0.0950. The summed E-state index contributed by atoms with van der Waals surface area (Å²) < 4.78 is 4.18. The van der Waals surface area contributed by atoms with Gasteiger partial charge in [-0.2, -0.15) is 5.10 Å². The second-order valence-corrected chi connectivity index (χ2v) is 6.01. The van der Waals surface area contributed by atoms with Crippen LogP contribution in [0.5, 0.6) is 0 Å². The summed E-state index contributed by atoms with van der Waals surface area (Å²) in [6.45, 7) is 5.85. The Bertz CT molecular complexity index is 728. The van der Waals surface area contributed by atoms with Crippen LogP contribution >= 0.6 is 11.6 Å². The lowest BCUT2D eigenvalue weighted by molar-refractivity contribution is 0.523. The van der Waals surface area contributed by atoms with Gasteiger partial charge in [0, 0.05) is 25.5 Å². The Kier molecular flexibility index (Phi) is 3.97. The van der Waals surface area contributed by atoms with E-state index >= 15 is 0 Å². The monoisotopic (exact) mass is 302 g/mol. The topological polar surface area (TPSA) is 35.6 Å². The molecule has 0 saturated carbocycles. The smallest absolute Gasteiger partial charge is 0.127 e. The van der Waals surface area contributed by atoms with Crippen LogP contribution in [-0.4, -0.2) is 19.3 Å². The molecular formula is C16H19ClN4. The molecule has 0 saturated heterocycles. The lowest BCUT2D eigenvalue weighted by Gasteiger charge is -2.10.